The molecule has 1 unspecified atom stereocenters. The summed E-state index contributed by atoms with van der Waals surface area (Å²) in [6, 6.07) is 0.983. The third-order valence-corrected chi connectivity index (χ3v) is 3.55. The maximum absolute atomic E-state index is 3.59. The third kappa shape index (κ3) is 0.926. The molecular formula is C9H16N2. The van der Waals surface area contributed by atoms with Gasteiger partial charge in [0.2, 0.25) is 0 Å². The maximum atomic E-state index is 3.59. The molecule has 0 aromatic rings. The van der Waals surface area contributed by atoms with Crippen molar-refractivity contribution in [3.63, 3.8) is 0 Å². The van der Waals surface area contributed by atoms with Crippen molar-refractivity contribution in [2.24, 2.45) is 0 Å². The molecule has 0 radical (unpaired) electrons. The molecule has 1 aliphatic carbocycles. The normalized spacial score (nSPS) is 44.7. The minimum atomic E-state index is 0.586. The van der Waals surface area contributed by atoms with Gasteiger partial charge in [0.25, 0.3) is 0 Å². The van der Waals surface area contributed by atoms with Crippen LogP contribution in [0.3, 0.4) is 0 Å². The van der Waals surface area contributed by atoms with E-state index in [-0.39, 0.29) is 0 Å². The van der Waals surface area contributed by atoms with Crippen LogP contribution >= 0.6 is 0 Å². The lowest BCUT2D eigenvalue weighted by Gasteiger charge is -2.40. The van der Waals surface area contributed by atoms with E-state index in [0.29, 0.717) is 5.54 Å². The van der Waals surface area contributed by atoms with Crippen molar-refractivity contribution in [2.75, 3.05) is 19.6 Å². The van der Waals surface area contributed by atoms with Crippen LogP contribution in [0, 0.1) is 0 Å². The number of rotatable bonds is 1. The minimum Gasteiger partial charge on any atom is -0.310 e. The van der Waals surface area contributed by atoms with Gasteiger partial charge in [-0.15, -0.1) is 0 Å². The monoisotopic (exact) mass is 152 g/mol. The summed E-state index contributed by atoms with van der Waals surface area (Å²) in [4.78, 5) is 2.69. The molecule has 2 heterocycles. The summed E-state index contributed by atoms with van der Waals surface area (Å²) in [7, 11) is 0. The second-order valence-electron chi connectivity index (χ2n) is 4.41. The van der Waals surface area contributed by atoms with Crippen LogP contribution in [0.4, 0.5) is 0 Å². The van der Waals surface area contributed by atoms with E-state index in [2.05, 4.69) is 10.2 Å². The predicted molar refractivity (Wildman–Crippen MR) is 44.6 cm³/mol. The Hall–Kier alpha value is -0.0800. The first-order valence-corrected chi connectivity index (χ1v) is 4.87. The Balaban J connectivity index is 1.66. The quantitative estimate of drug-likeness (QED) is 0.591. The van der Waals surface area contributed by atoms with Crippen molar-refractivity contribution >= 4 is 0 Å². The Morgan fingerprint density at radius 2 is 2.09 bits per heavy atom. The molecule has 0 aromatic heterocycles. The van der Waals surface area contributed by atoms with Crippen molar-refractivity contribution in [3.8, 4) is 0 Å². The second kappa shape index (κ2) is 1.99. The molecule has 3 aliphatic rings. The lowest BCUT2D eigenvalue weighted by Crippen LogP contribution is -2.58. The van der Waals surface area contributed by atoms with Crippen LogP contribution < -0.4 is 5.32 Å². The zero-order valence-electron chi connectivity index (χ0n) is 6.97. The fraction of sp³-hybridized carbons (Fsp3) is 1.00. The van der Waals surface area contributed by atoms with Crippen LogP contribution in [0.1, 0.15) is 25.7 Å². The summed E-state index contributed by atoms with van der Waals surface area (Å²) >= 11 is 0. The highest BCUT2D eigenvalue weighted by Crippen LogP contribution is 2.36. The van der Waals surface area contributed by atoms with E-state index < -0.39 is 0 Å². The van der Waals surface area contributed by atoms with Crippen LogP contribution in [0.5, 0.6) is 0 Å². The van der Waals surface area contributed by atoms with Crippen LogP contribution in [0.15, 0.2) is 0 Å². The standard InChI is InChI=1S/C9H16N2/c1-2-8(1)11-6-4-9(7-11)3-5-10-9/h8,10H,1-7H2. The van der Waals surface area contributed by atoms with Gasteiger partial charge in [-0.2, -0.15) is 0 Å². The number of nitrogens with one attached hydrogen (secondary N) is 1. The van der Waals surface area contributed by atoms with Gasteiger partial charge in [0.15, 0.2) is 0 Å². The Kier molecular flexibility index (Phi) is 1.16. The molecule has 0 bridgehead atoms. The molecule has 1 atom stereocenters. The Labute approximate surface area is 68.0 Å². The molecule has 0 amide bonds. The largest absolute Gasteiger partial charge is 0.310 e. The summed E-state index contributed by atoms with van der Waals surface area (Å²) in [5.74, 6) is 0. The molecule has 1 N–H and O–H groups in total. The Morgan fingerprint density at radius 1 is 1.27 bits per heavy atom. The topological polar surface area (TPSA) is 15.3 Å². The van der Waals surface area contributed by atoms with Gasteiger partial charge in [0.05, 0.1) is 0 Å². The second-order valence-corrected chi connectivity index (χ2v) is 4.41. The third-order valence-electron chi connectivity index (χ3n) is 3.55. The van der Waals surface area contributed by atoms with Crippen molar-refractivity contribution in [1.29, 1.82) is 0 Å². The average Bonchev–Trinajstić information content (AvgIpc) is 2.67. The molecule has 1 saturated carbocycles. The van der Waals surface area contributed by atoms with Gasteiger partial charge in [-0.1, -0.05) is 0 Å². The van der Waals surface area contributed by atoms with Crippen LogP contribution in [0.2, 0.25) is 0 Å². The lowest BCUT2D eigenvalue weighted by atomic mass is 9.87. The molecule has 0 aromatic carbocycles. The molecule has 3 rings (SSSR count). The Bertz CT molecular complexity index is 170. The fourth-order valence-corrected chi connectivity index (χ4v) is 2.48. The molecule has 2 heteroatoms. The maximum Gasteiger partial charge on any atom is 0.0333 e. The number of hydrogen-bond donors (Lipinski definition) is 1. The molecule has 11 heavy (non-hydrogen) atoms. The molecule has 3 fully saturated rings. The van der Waals surface area contributed by atoms with Crippen molar-refractivity contribution in [2.45, 2.75) is 37.3 Å². The van der Waals surface area contributed by atoms with E-state index in [9.17, 15) is 0 Å². The van der Waals surface area contributed by atoms with E-state index in [4.69, 9.17) is 0 Å². The van der Waals surface area contributed by atoms with Gasteiger partial charge in [-0.25, -0.2) is 0 Å². The highest BCUT2D eigenvalue weighted by molar-refractivity contribution is 5.06. The van der Waals surface area contributed by atoms with Crippen molar-refractivity contribution in [1.82, 2.24) is 10.2 Å². The first-order chi connectivity index (χ1) is 5.38. The SMILES string of the molecule is C1CC2(CCN(C3CC3)C2)N1. The minimum absolute atomic E-state index is 0.586. The number of nitrogens with zero attached hydrogens (tertiary/aromatic N) is 1. The molecule has 2 aliphatic heterocycles. The summed E-state index contributed by atoms with van der Waals surface area (Å²) in [5.41, 5.74) is 0.586. The summed E-state index contributed by atoms with van der Waals surface area (Å²) in [6.07, 6.45) is 5.77. The highest BCUT2D eigenvalue weighted by atomic mass is 15.3. The van der Waals surface area contributed by atoms with Gasteiger partial charge in [-0.05, 0) is 32.2 Å². The summed E-state index contributed by atoms with van der Waals surface area (Å²) in [6.45, 7) is 3.97. The van der Waals surface area contributed by atoms with E-state index in [0.717, 1.165) is 6.04 Å². The van der Waals surface area contributed by atoms with E-state index in [1.54, 1.807) is 0 Å². The average molecular weight is 152 g/mol. The molecule has 2 saturated heterocycles. The number of likely N-dealkylation sites (tertiary alicyclic amines) is 1. The van der Waals surface area contributed by atoms with Gasteiger partial charge in [0, 0.05) is 24.7 Å². The van der Waals surface area contributed by atoms with E-state index in [1.807, 2.05) is 0 Å². The zero-order chi connectivity index (χ0) is 7.31. The molecular weight excluding hydrogens is 136 g/mol. The first-order valence-electron chi connectivity index (χ1n) is 4.87. The predicted octanol–water partition coefficient (Wildman–Crippen LogP) is 0.587. The molecule has 2 nitrogen and oxygen atoms in total. The van der Waals surface area contributed by atoms with Crippen LogP contribution in [-0.2, 0) is 0 Å². The molecule has 62 valence electrons. The van der Waals surface area contributed by atoms with Gasteiger partial charge in [-0.3, -0.25) is 4.90 Å². The van der Waals surface area contributed by atoms with Gasteiger partial charge in [0.1, 0.15) is 0 Å². The number of hydrogen-bond acceptors (Lipinski definition) is 2. The van der Waals surface area contributed by atoms with Crippen molar-refractivity contribution in [3.05, 3.63) is 0 Å². The highest BCUT2D eigenvalue weighted by Gasteiger charge is 2.45. The van der Waals surface area contributed by atoms with Gasteiger partial charge < -0.3 is 5.32 Å². The summed E-state index contributed by atoms with van der Waals surface area (Å²) < 4.78 is 0. The van der Waals surface area contributed by atoms with Gasteiger partial charge >= 0.3 is 0 Å². The Morgan fingerprint density at radius 3 is 2.55 bits per heavy atom. The zero-order valence-corrected chi connectivity index (χ0v) is 6.97. The van der Waals surface area contributed by atoms with E-state index >= 15 is 0 Å². The summed E-state index contributed by atoms with van der Waals surface area (Å²) in [5, 5.41) is 3.59. The van der Waals surface area contributed by atoms with E-state index in [1.165, 1.54) is 45.3 Å². The lowest BCUT2D eigenvalue weighted by molar-refractivity contribution is 0.199. The van der Waals surface area contributed by atoms with Crippen molar-refractivity contribution < 1.29 is 0 Å². The van der Waals surface area contributed by atoms with Crippen LogP contribution in [-0.4, -0.2) is 36.1 Å². The molecule has 1 spiro atoms. The van der Waals surface area contributed by atoms with Crippen LogP contribution in [0.25, 0.3) is 0 Å². The fourth-order valence-electron chi connectivity index (χ4n) is 2.48. The first kappa shape index (κ1) is 6.44. The smallest absolute Gasteiger partial charge is 0.0333 e.